The largest absolute Gasteiger partial charge is 0.310 e. The molecule has 0 fully saturated rings. The van der Waals surface area contributed by atoms with Gasteiger partial charge in [-0.05, 0) is 138 Å². The van der Waals surface area contributed by atoms with Gasteiger partial charge in [-0.3, -0.25) is 0 Å². The molecule has 71 heavy (non-hydrogen) atoms. The van der Waals surface area contributed by atoms with Gasteiger partial charge in [0, 0.05) is 22.7 Å². The van der Waals surface area contributed by atoms with E-state index in [-0.39, 0.29) is 0 Å². The van der Waals surface area contributed by atoms with Gasteiger partial charge in [0.15, 0.2) is 0 Å². The van der Waals surface area contributed by atoms with Gasteiger partial charge in [-0.25, -0.2) is 0 Å². The van der Waals surface area contributed by atoms with Gasteiger partial charge in [0.2, 0.25) is 0 Å². The van der Waals surface area contributed by atoms with Crippen LogP contribution in [0.2, 0.25) is 0 Å². The fraction of sp³-hybridized carbons (Fsp3) is 0.0145. The molecule has 0 spiro atoms. The van der Waals surface area contributed by atoms with Gasteiger partial charge in [-0.15, -0.1) is 0 Å². The lowest BCUT2D eigenvalue weighted by Crippen LogP contribution is -2.36. The second-order valence-electron chi connectivity index (χ2n) is 18.4. The van der Waals surface area contributed by atoms with Gasteiger partial charge in [-0.2, -0.15) is 0 Å². The molecule has 1 aliphatic carbocycles. The Bertz CT molecular complexity index is 3730. The van der Waals surface area contributed by atoms with Gasteiger partial charge >= 0.3 is 0 Å². The molecule has 0 aromatic heterocycles. The standard InChI is InChI=1S/C69H48N2/c1-4-25-51(26-5-1)68-61-36-22-40-65(68)69(62-37-17-16-35-60(62)58-33-14-15-34-59(58)61,63-38-18-20-41-66(63)70(54-29-6-2-7-30-54)56-45-43-49-23-10-12-27-52(49)47-56)64-39-19-21-42-67(64)71(55-31-8-3-9-32-55)57-46-44-50-24-11-13-28-53(50)48-57/h1-48H. The Morgan fingerprint density at radius 2 is 0.606 bits per heavy atom. The molecule has 334 valence electrons. The molecule has 0 amide bonds. The highest BCUT2D eigenvalue weighted by Crippen LogP contribution is 2.60. The van der Waals surface area contributed by atoms with Crippen LogP contribution in [0.5, 0.6) is 0 Å². The number of hydrogen-bond donors (Lipinski definition) is 0. The average Bonchev–Trinajstić information content (AvgIpc) is 3.45. The Morgan fingerprint density at radius 1 is 0.225 bits per heavy atom. The van der Waals surface area contributed by atoms with E-state index in [4.69, 9.17) is 0 Å². The second-order valence-corrected chi connectivity index (χ2v) is 18.4. The summed E-state index contributed by atoms with van der Waals surface area (Å²) in [4.78, 5) is 4.96. The first-order valence-corrected chi connectivity index (χ1v) is 24.5. The van der Waals surface area contributed by atoms with Crippen LogP contribution in [0.1, 0.15) is 22.3 Å². The minimum atomic E-state index is -0.980. The lowest BCUT2D eigenvalue weighted by atomic mass is 9.59. The summed E-state index contributed by atoms with van der Waals surface area (Å²) >= 11 is 0. The fourth-order valence-corrected chi connectivity index (χ4v) is 11.5. The van der Waals surface area contributed by atoms with Crippen molar-refractivity contribution in [3.8, 4) is 33.4 Å². The van der Waals surface area contributed by atoms with Crippen molar-refractivity contribution in [3.05, 3.63) is 313 Å². The molecular weight excluding hydrogens is 857 g/mol. The number of rotatable bonds is 9. The Kier molecular flexibility index (Phi) is 10.4. The van der Waals surface area contributed by atoms with Crippen molar-refractivity contribution in [2.24, 2.45) is 0 Å². The number of hydrogen-bond acceptors (Lipinski definition) is 2. The lowest BCUT2D eigenvalue weighted by Gasteiger charge is -2.45. The Labute approximate surface area is 415 Å². The monoisotopic (exact) mass is 904 g/mol. The van der Waals surface area contributed by atoms with Crippen molar-refractivity contribution in [2.75, 3.05) is 9.80 Å². The molecule has 2 nitrogen and oxygen atoms in total. The van der Waals surface area contributed by atoms with E-state index < -0.39 is 5.41 Å². The number of fused-ring (bicyclic) bond motifs is 8. The Morgan fingerprint density at radius 3 is 1.14 bits per heavy atom. The van der Waals surface area contributed by atoms with E-state index in [1.54, 1.807) is 0 Å². The summed E-state index contributed by atoms with van der Waals surface area (Å²) in [6.45, 7) is 0. The van der Waals surface area contributed by atoms with Gasteiger partial charge < -0.3 is 9.80 Å². The van der Waals surface area contributed by atoms with Gasteiger partial charge in [0.1, 0.15) is 0 Å². The van der Waals surface area contributed by atoms with Crippen LogP contribution in [0.3, 0.4) is 0 Å². The third-order valence-electron chi connectivity index (χ3n) is 14.5. The smallest absolute Gasteiger partial charge is 0.0754 e. The van der Waals surface area contributed by atoms with Crippen molar-refractivity contribution in [3.63, 3.8) is 0 Å². The van der Waals surface area contributed by atoms with E-state index in [0.29, 0.717) is 0 Å². The molecule has 2 bridgehead atoms. The summed E-state index contributed by atoms with van der Waals surface area (Å²) < 4.78 is 0. The molecule has 0 aliphatic heterocycles. The SMILES string of the molecule is c1ccc(-c2c3cccc2C(c2ccccc2N(c2ccccc2)c2ccc4ccccc4c2)(c2ccccc2N(c2ccccc2)c2ccc4ccccc4c2)c2ccccc2-c2ccccc2-3)cc1. The van der Waals surface area contributed by atoms with E-state index in [2.05, 4.69) is 301 Å². The molecule has 2 heteroatoms. The highest BCUT2D eigenvalue weighted by Gasteiger charge is 2.47. The molecule has 0 N–H and O–H groups in total. The number of nitrogens with zero attached hydrogens (tertiary/aromatic N) is 2. The molecular formula is C69H48N2. The molecule has 12 aromatic carbocycles. The van der Waals surface area contributed by atoms with E-state index in [1.807, 2.05) is 0 Å². The first kappa shape index (κ1) is 41.9. The summed E-state index contributed by atoms with van der Waals surface area (Å²) in [7, 11) is 0. The molecule has 0 unspecified atom stereocenters. The van der Waals surface area contributed by atoms with E-state index in [9.17, 15) is 0 Å². The number of benzene rings is 12. The molecule has 13 rings (SSSR count). The normalized spacial score (nSPS) is 12.3. The summed E-state index contributed by atoms with van der Waals surface area (Å²) in [5.41, 5.74) is 17.3. The second kappa shape index (κ2) is 17.7. The maximum atomic E-state index is 2.48. The van der Waals surface area contributed by atoms with Crippen LogP contribution in [0, 0.1) is 0 Å². The topological polar surface area (TPSA) is 6.48 Å². The Hall–Kier alpha value is -9.24. The summed E-state index contributed by atoms with van der Waals surface area (Å²) in [6.07, 6.45) is 0. The summed E-state index contributed by atoms with van der Waals surface area (Å²) in [6, 6.07) is 108. The van der Waals surface area contributed by atoms with Crippen molar-refractivity contribution in [2.45, 2.75) is 5.41 Å². The summed E-state index contributed by atoms with van der Waals surface area (Å²) in [5, 5.41) is 4.78. The highest BCUT2D eigenvalue weighted by atomic mass is 15.2. The predicted molar refractivity (Wildman–Crippen MR) is 299 cm³/mol. The van der Waals surface area contributed by atoms with Crippen molar-refractivity contribution < 1.29 is 0 Å². The molecule has 12 aromatic rings. The first-order valence-electron chi connectivity index (χ1n) is 24.5. The van der Waals surface area contributed by atoms with Crippen LogP contribution in [0.25, 0.3) is 54.9 Å². The Balaban J connectivity index is 1.23. The van der Waals surface area contributed by atoms with Crippen LogP contribution < -0.4 is 9.80 Å². The molecule has 0 saturated carbocycles. The third-order valence-corrected chi connectivity index (χ3v) is 14.5. The molecule has 0 saturated heterocycles. The molecule has 0 atom stereocenters. The zero-order chi connectivity index (χ0) is 47.1. The minimum absolute atomic E-state index is 0.980. The predicted octanol–water partition coefficient (Wildman–Crippen LogP) is 18.6. The van der Waals surface area contributed by atoms with Crippen LogP contribution >= 0.6 is 0 Å². The van der Waals surface area contributed by atoms with E-state index >= 15 is 0 Å². The zero-order valence-electron chi connectivity index (χ0n) is 39.1. The molecule has 0 radical (unpaired) electrons. The minimum Gasteiger partial charge on any atom is -0.310 e. The van der Waals surface area contributed by atoms with Gasteiger partial charge in [-0.1, -0.05) is 231 Å². The molecule has 0 heterocycles. The van der Waals surface area contributed by atoms with Crippen LogP contribution in [0.15, 0.2) is 291 Å². The fourth-order valence-electron chi connectivity index (χ4n) is 11.5. The average molecular weight is 905 g/mol. The maximum absolute atomic E-state index is 2.48. The van der Waals surface area contributed by atoms with Gasteiger partial charge in [0.05, 0.1) is 16.8 Å². The number of para-hydroxylation sites is 4. The number of anilines is 6. The third kappa shape index (κ3) is 7.03. The van der Waals surface area contributed by atoms with Crippen LogP contribution in [-0.4, -0.2) is 0 Å². The summed E-state index contributed by atoms with van der Waals surface area (Å²) in [5.74, 6) is 0. The van der Waals surface area contributed by atoms with Gasteiger partial charge in [0.25, 0.3) is 0 Å². The van der Waals surface area contributed by atoms with Crippen LogP contribution in [0.4, 0.5) is 34.1 Å². The van der Waals surface area contributed by atoms with Crippen LogP contribution in [-0.2, 0) is 5.41 Å². The highest BCUT2D eigenvalue weighted by molar-refractivity contribution is 6.00. The van der Waals surface area contributed by atoms with E-state index in [1.165, 1.54) is 60.5 Å². The van der Waals surface area contributed by atoms with Crippen molar-refractivity contribution in [1.29, 1.82) is 0 Å². The maximum Gasteiger partial charge on any atom is 0.0754 e. The zero-order valence-corrected chi connectivity index (χ0v) is 39.1. The lowest BCUT2D eigenvalue weighted by molar-refractivity contribution is 0.748. The van der Waals surface area contributed by atoms with Crippen molar-refractivity contribution >= 4 is 55.7 Å². The van der Waals surface area contributed by atoms with E-state index in [0.717, 1.165) is 50.8 Å². The van der Waals surface area contributed by atoms with Crippen molar-refractivity contribution in [1.82, 2.24) is 0 Å². The first-order chi connectivity index (χ1) is 35.3. The molecule has 1 aliphatic rings. The quantitative estimate of drug-likeness (QED) is 0.142.